The first-order valence-electron chi connectivity index (χ1n) is 9.52. The van der Waals surface area contributed by atoms with E-state index in [0.29, 0.717) is 13.0 Å². The first-order valence-corrected chi connectivity index (χ1v) is 9.52. The van der Waals surface area contributed by atoms with E-state index in [2.05, 4.69) is 10.6 Å². The van der Waals surface area contributed by atoms with E-state index in [1.165, 1.54) is 4.90 Å². The minimum Gasteiger partial charge on any atom is -0.481 e. The number of carboxylic acid groups (broad SMARTS) is 1. The maximum Gasteiger partial charge on any atom is 0.317 e. The molecule has 0 fully saturated rings. The number of amides is 3. The highest BCUT2D eigenvalue weighted by atomic mass is 16.4. The van der Waals surface area contributed by atoms with Crippen LogP contribution < -0.4 is 10.6 Å². The molecule has 0 heterocycles. The normalized spacial score (nSPS) is 11.3. The molecule has 0 aliphatic rings. The van der Waals surface area contributed by atoms with Crippen molar-refractivity contribution >= 4 is 17.9 Å². The van der Waals surface area contributed by atoms with Crippen molar-refractivity contribution < 1.29 is 19.5 Å². The van der Waals surface area contributed by atoms with Crippen LogP contribution in [0.25, 0.3) is 0 Å². The Bertz CT molecular complexity index is 796. The summed E-state index contributed by atoms with van der Waals surface area (Å²) < 4.78 is 0. The standard InChI is InChI=1S/C22H27N3O4/c1-25(16-18-10-6-3-7-11-18)22(29)23-13-12-20(26)24-15-19(21(27)28)14-17-8-4-2-5-9-17/h2-11,19H,12-16H2,1H3,(H,23,29)(H,24,26)(H,27,28). The molecule has 0 aliphatic carbocycles. The molecule has 3 N–H and O–H groups in total. The first kappa shape index (κ1) is 21.9. The van der Waals surface area contributed by atoms with Crippen LogP contribution in [0.2, 0.25) is 0 Å². The van der Waals surface area contributed by atoms with Crippen LogP contribution in [0.3, 0.4) is 0 Å². The summed E-state index contributed by atoms with van der Waals surface area (Å²) in [6.45, 7) is 0.698. The van der Waals surface area contributed by atoms with Crippen molar-refractivity contribution in [1.29, 1.82) is 0 Å². The molecule has 0 aliphatic heterocycles. The maximum atomic E-state index is 12.1. The Labute approximate surface area is 170 Å². The second-order valence-electron chi connectivity index (χ2n) is 6.85. The van der Waals surface area contributed by atoms with Crippen LogP contribution in [-0.4, -0.2) is 48.1 Å². The average Bonchev–Trinajstić information content (AvgIpc) is 2.72. The van der Waals surface area contributed by atoms with E-state index in [4.69, 9.17) is 0 Å². The molecular weight excluding hydrogens is 370 g/mol. The average molecular weight is 397 g/mol. The minimum absolute atomic E-state index is 0.0465. The van der Waals surface area contributed by atoms with Crippen LogP contribution in [0.15, 0.2) is 60.7 Å². The maximum absolute atomic E-state index is 12.1. The van der Waals surface area contributed by atoms with Crippen LogP contribution in [-0.2, 0) is 22.6 Å². The van der Waals surface area contributed by atoms with Crippen LogP contribution in [0.5, 0.6) is 0 Å². The highest BCUT2D eigenvalue weighted by Gasteiger charge is 2.19. The summed E-state index contributed by atoms with van der Waals surface area (Å²) in [6.07, 6.45) is 0.431. The number of hydrogen-bond acceptors (Lipinski definition) is 3. The van der Waals surface area contributed by atoms with Gasteiger partial charge in [-0.05, 0) is 17.5 Å². The highest BCUT2D eigenvalue weighted by Crippen LogP contribution is 2.08. The molecule has 0 spiro atoms. The lowest BCUT2D eigenvalue weighted by molar-refractivity contribution is -0.141. The molecule has 29 heavy (non-hydrogen) atoms. The molecule has 1 atom stereocenters. The van der Waals surface area contributed by atoms with Gasteiger partial charge in [0.15, 0.2) is 0 Å². The number of aliphatic carboxylic acids is 1. The predicted octanol–water partition coefficient (Wildman–Crippen LogP) is 2.28. The zero-order valence-electron chi connectivity index (χ0n) is 16.5. The van der Waals surface area contributed by atoms with Crippen molar-refractivity contribution in [2.75, 3.05) is 20.1 Å². The molecule has 0 saturated heterocycles. The summed E-state index contributed by atoms with van der Waals surface area (Å²) in [7, 11) is 1.68. The topological polar surface area (TPSA) is 98.7 Å². The van der Waals surface area contributed by atoms with Crippen molar-refractivity contribution in [3.63, 3.8) is 0 Å². The summed E-state index contributed by atoms with van der Waals surface area (Å²) in [5.74, 6) is -1.95. The fraction of sp³-hybridized carbons (Fsp3) is 0.318. The summed E-state index contributed by atoms with van der Waals surface area (Å²) in [5, 5.41) is 14.7. The van der Waals surface area contributed by atoms with Crippen molar-refractivity contribution in [2.24, 2.45) is 5.92 Å². The number of urea groups is 1. The Morgan fingerprint density at radius 2 is 1.52 bits per heavy atom. The van der Waals surface area contributed by atoms with Crippen LogP contribution in [0, 0.1) is 5.92 Å². The van der Waals surface area contributed by atoms with E-state index in [9.17, 15) is 19.5 Å². The monoisotopic (exact) mass is 397 g/mol. The Balaban J connectivity index is 1.69. The molecular formula is C22H27N3O4. The van der Waals surface area contributed by atoms with Crippen molar-refractivity contribution in [2.45, 2.75) is 19.4 Å². The SMILES string of the molecule is CN(Cc1ccccc1)C(=O)NCCC(=O)NCC(Cc1ccccc1)C(=O)O. The lowest BCUT2D eigenvalue weighted by atomic mass is 9.99. The van der Waals surface area contributed by atoms with Crippen LogP contribution >= 0.6 is 0 Å². The summed E-state index contributed by atoms with van der Waals surface area (Å²) in [5.41, 5.74) is 1.92. The van der Waals surface area contributed by atoms with Gasteiger partial charge in [0.2, 0.25) is 5.91 Å². The Morgan fingerprint density at radius 1 is 0.931 bits per heavy atom. The van der Waals surface area contributed by atoms with Gasteiger partial charge < -0.3 is 20.6 Å². The van der Waals surface area contributed by atoms with Gasteiger partial charge in [0.1, 0.15) is 0 Å². The highest BCUT2D eigenvalue weighted by molar-refractivity contribution is 5.79. The number of nitrogens with zero attached hydrogens (tertiary/aromatic N) is 1. The molecule has 3 amide bonds. The molecule has 7 nitrogen and oxygen atoms in total. The Kier molecular flexibility index (Phi) is 8.69. The fourth-order valence-corrected chi connectivity index (χ4v) is 2.82. The van der Waals surface area contributed by atoms with Crippen molar-refractivity contribution in [3.8, 4) is 0 Å². The van der Waals surface area contributed by atoms with Crippen LogP contribution in [0.4, 0.5) is 4.79 Å². The number of nitrogens with one attached hydrogen (secondary N) is 2. The molecule has 2 rings (SSSR count). The van der Waals surface area contributed by atoms with E-state index < -0.39 is 11.9 Å². The van der Waals surface area contributed by atoms with Gasteiger partial charge in [-0.3, -0.25) is 9.59 Å². The summed E-state index contributed by atoms with van der Waals surface area (Å²) in [6, 6.07) is 18.6. The molecule has 0 radical (unpaired) electrons. The molecule has 0 bridgehead atoms. The fourth-order valence-electron chi connectivity index (χ4n) is 2.82. The summed E-state index contributed by atoms with van der Waals surface area (Å²) >= 11 is 0. The molecule has 0 aromatic heterocycles. The van der Waals surface area contributed by atoms with Gasteiger partial charge >= 0.3 is 12.0 Å². The zero-order valence-corrected chi connectivity index (χ0v) is 16.5. The van der Waals surface area contributed by atoms with Gasteiger partial charge in [-0.25, -0.2) is 4.79 Å². The predicted molar refractivity (Wildman–Crippen MR) is 110 cm³/mol. The van der Waals surface area contributed by atoms with E-state index in [1.54, 1.807) is 7.05 Å². The Morgan fingerprint density at radius 3 is 2.10 bits per heavy atom. The second-order valence-corrected chi connectivity index (χ2v) is 6.85. The third-order valence-electron chi connectivity index (χ3n) is 4.46. The van der Waals surface area contributed by atoms with Gasteiger partial charge in [-0.1, -0.05) is 60.7 Å². The number of benzene rings is 2. The quantitative estimate of drug-likeness (QED) is 0.573. The van der Waals surface area contributed by atoms with Gasteiger partial charge in [0.05, 0.1) is 5.92 Å². The number of carbonyl (C=O) groups excluding carboxylic acids is 2. The van der Waals surface area contributed by atoms with Crippen molar-refractivity contribution in [1.82, 2.24) is 15.5 Å². The smallest absolute Gasteiger partial charge is 0.317 e. The lowest BCUT2D eigenvalue weighted by Gasteiger charge is -2.18. The molecule has 2 aromatic carbocycles. The molecule has 2 aromatic rings. The zero-order chi connectivity index (χ0) is 21.1. The van der Waals surface area contributed by atoms with Gasteiger partial charge in [-0.15, -0.1) is 0 Å². The number of carbonyl (C=O) groups is 3. The summed E-state index contributed by atoms with van der Waals surface area (Å²) in [4.78, 5) is 37.1. The minimum atomic E-state index is -0.954. The number of hydrogen-bond donors (Lipinski definition) is 3. The molecule has 154 valence electrons. The van der Waals surface area contributed by atoms with Gasteiger partial charge in [0.25, 0.3) is 0 Å². The van der Waals surface area contributed by atoms with E-state index in [0.717, 1.165) is 11.1 Å². The van der Waals surface area contributed by atoms with E-state index in [-0.39, 0.29) is 31.4 Å². The van der Waals surface area contributed by atoms with Crippen LogP contribution in [0.1, 0.15) is 17.5 Å². The molecule has 7 heteroatoms. The first-order chi connectivity index (χ1) is 14.0. The van der Waals surface area contributed by atoms with Gasteiger partial charge in [-0.2, -0.15) is 0 Å². The molecule has 1 unspecified atom stereocenters. The number of carboxylic acids is 1. The number of rotatable bonds is 10. The second kappa shape index (κ2) is 11.5. The van der Waals surface area contributed by atoms with Crippen molar-refractivity contribution in [3.05, 3.63) is 71.8 Å². The molecule has 0 saturated carbocycles. The van der Waals surface area contributed by atoms with E-state index >= 15 is 0 Å². The Hall–Kier alpha value is -3.35. The van der Waals surface area contributed by atoms with E-state index in [1.807, 2.05) is 60.7 Å². The van der Waals surface area contributed by atoms with Gasteiger partial charge in [0, 0.05) is 33.1 Å². The largest absolute Gasteiger partial charge is 0.481 e. The third kappa shape index (κ3) is 8.04. The lowest BCUT2D eigenvalue weighted by Crippen LogP contribution is -2.39. The third-order valence-corrected chi connectivity index (χ3v) is 4.46.